The zero-order valence-electron chi connectivity index (χ0n) is 24.5. The first kappa shape index (κ1) is 30.0. The lowest BCUT2D eigenvalue weighted by Gasteiger charge is -2.17. The number of carbonyl (C=O) groups is 2. The van der Waals surface area contributed by atoms with Crippen LogP contribution in [0, 0.1) is 0 Å². The number of aryl methyl sites for hydroxylation is 1. The van der Waals surface area contributed by atoms with Crippen LogP contribution in [-0.4, -0.2) is 45.7 Å². The number of ether oxygens (including phenoxy) is 3. The van der Waals surface area contributed by atoms with Gasteiger partial charge in [0.15, 0.2) is 11.5 Å². The third-order valence-electron chi connectivity index (χ3n) is 7.73. The van der Waals surface area contributed by atoms with Gasteiger partial charge in [-0.25, -0.2) is 0 Å². The van der Waals surface area contributed by atoms with Crippen LogP contribution in [0.15, 0.2) is 60.7 Å². The maximum absolute atomic E-state index is 12.5. The highest BCUT2D eigenvalue weighted by Crippen LogP contribution is 2.35. The van der Waals surface area contributed by atoms with Gasteiger partial charge in [0.05, 0.1) is 21.3 Å². The van der Waals surface area contributed by atoms with Gasteiger partial charge < -0.3 is 24.8 Å². The van der Waals surface area contributed by atoms with Crippen molar-refractivity contribution in [2.24, 2.45) is 0 Å². The Bertz CT molecular complexity index is 1300. The van der Waals surface area contributed by atoms with Crippen LogP contribution in [0.2, 0.25) is 0 Å². The second-order valence-electron chi connectivity index (χ2n) is 10.5. The van der Waals surface area contributed by atoms with Crippen molar-refractivity contribution in [3.63, 3.8) is 0 Å². The standard InChI is InChI=1S/C34H42N2O5/c1-39-29-12-8-9-24(21-29)15-17-30-25(16-18-31(40-2)34(30)41-3)19-20-35-32(37)13-6-7-14-33(38)36-28-22-26-10-4-5-11-27(26)23-28/h4-5,8-12,16,18,21,28H,6-7,13-15,17,19-20,22-23H2,1-3H3,(H,35,37)(H,36,38). The van der Waals surface area contributed by atoms with Gasteiger partial charge in [-0.15, -0.1) is 0 Å². The maximum atomic E-state index is 12.5. The fourth-order valence-corrected chi connectivity index (χ4v) is 5.59. The number of benzene rings is 3. The molecule has 0 radical (unpaired) electrons. The number of methoxy groups -OCH3 is 3. The smallest absolute Gasteiger partial charge is 0.220 e. The molecule has 0 fully saturated rings. The molecule has 0 bridgehead atoms. The largest absolute Gasteiger partial charge is 0.497 e. The van der Waals surface area contributed by atoms with Crippen LogP contribution in [0.3, 0.4) is 0 Å². The summed E-state index contributed by atoms with van der Waals surface area (Å²) in [7, 11) is 4.97. The predicted molar refractivity (Wildman–Crippen MR) is 161 cm³/mol. The van der Waals surface area contributed by atoms with Crippen molar-refractivity contribution in [2.75, 3.05) is 27.9 Å². The molecule has 0 unspecified atom stereocenters. The molecule has 218 valence electrons. The fourth-order valence-electron chi connectivity index (χ4n) is 5.59. The molecule has 0 atom stereocenters. The molecule has 0 spiro atoms. The second kappa shape index (κ2) is 15.1. The van der Waals surface area contributed by atoms with Gasteiger partial charge in [0, 0.05) is 31.0 Å². The molecule has 3 aromatic carbocycles. The number of carbonyl (C=O) groups excluding carboxylic acids is 2. The first-order chi connectivity index (χ1) is 20.0. The molecule has 4 rings (SSSR count). The molecule has 0 aromatic heterocycles. The normalized spacial score (nSPS) is 12.5. The van der Waals surface area contributed by atoms with Gasteiger partial charge >= 0.3 is 0 Å². The van der Waals surface area contributed by atoms with Crippen LogP contribution in [0.5, 0.6) is 17.2 Å². The molecule has 0 aliphatic heterocycles. The first-order valence-electron chi connectivity index (χ1n) is 14.5. The summed E-state index contributed by atoms with van der Waals surface area (Å²) in [4.78, 5) is 24.9. The molecule has 7 nitrogen and oxygen atoms in total. The zero-order chi connectivity index (χ0) is 29.0. The van der Waals surface area contributed by atoms with Gasteiger partial charge in [0.1, 0.15) is 5.75 Å². The number of amides is 2. The average Bonchev–Trinajstić information content (AvgIpc) is 3.40. The summed E-state index contributed by atoms with van der Waals surface area (Å²) in [6.07, 6.45) is 6.31. The number of rotatable bonds is 15. The zero-order valence-corrected chi connectivity index (χ0v) is 24.5. The molecule has 0 heterocycles. The third-order valence-corrected chi connectivity index (χ3v) is 7.73. The van der Waals surface area contributed by atoms with Crippen LogP contribution in [0.1, 0.15) is 53.5 Å². The molecule has 2 N–H and O–H groups in total. The van der Waals surface area contributed by atoms with Crippen molar-refractivity contribution in [1.82, 2.24) is 10.6 Å². The van der Waals surface area contributed by atoms with E-state index in [-0.39, 0.29) is 17.9 Å². The molecule has 7 heteroatoms. The Morgan fingerprint density at radius 2 is 1.51 bits per heavy atom. The lowest BCUT2D eigenvalue weighted by molar-refractivity contribution is -0.123. The van der Waals surface area contributed by atoms with Crippen LogP contribution in [-0.2, 0) is 41.7 Å². The van der Waals surface area contributed by atoms with E-state index in [9.17, 15) is 9.59 Å². The number of nitrogens with one attached hydrogen (secondary N) is 2. The van der Waals surface area contributed by atoms with Crippen LogP contribution < -0.4 is 24.8 Å². The quantitative estimate of drug-likeness (QED) is 0.257. The molecule has 3 aromatic rings. The molecular formula is C34H42N2O5. The number of fused-ring (bicyclic) bond motifs is 1. The minimum atomic E-state index is 0.00931. The van der Waals surface area contributed by atoms with E-state index in [1.807, 2.05) is 36.4 Å². The highest BCUT2D eigenvalue weighted by atomic mass is 16.5. The van der Waals surface area contributed by atoms with E-state index in [0.29, 0.717) is 44.4 Å². The molecule has 2 amide bonds. The van der Waals surface area contributed by atoms with Crippen LogP contribution >= 0.6 is 0 Å². The van der Waals surface area contributed by atoms with Crippen molar-refractivity contribution < 1.29 is 23.8 Å². The third kappa shape index (κ3) is 8.49. The number of hydrogen-bond donors (Lipinski definition) is 2. The summed E-state index contributed by atoms with van der Waals surface area (Å²) in [5.41, 5.74) is 6.03. The van der Waals surface area contributed by atoms with Crippen LogP contribution in [0.4, 0.5) is 0 Å². The van der Waals surface area contributed by atoms with E-state index >= 15 is 0 Å². The minimum absolute atomic E-state index is 0.00931. The Balaban J connectivity index is 1.20. The van der Waals surface area contributed by atoms with Gasteiger partial charge in [0.2, 0.25) is 11.8 Å². The SMILES string of the molecule is COc1cccc(CCc2c(CCNC(=O)CCCCC(=O)NC3Cc4ccccc4C3)ccc(OC)c2OC)c1. The number of hydrogen-bond acceptors (Lipinski definition) is 5. The molecule has 0 saturated heterocycles. The van der Waals surface area contributed by atoms with E-state index < -0.39 is 0 Å². The van der Waals surface area contributed by atoms with Gasteiger partial charge in [0.25, 0.3) is 0 Å². The second-order valence-corrected chi connectivity index (χ2v) is 10.5. The lowest BCUT2D eigenvalue weighted by atomic mass is 9.96. The molecule has 41 heavy (non-hydrogen) atoms. The van der Waals surface area contributed by atoms with E-state index in [1.54, 1.807) is 21.3 Å². The monoisotopic (exact) mass is 558 g/mol. The number of unbranched alkanes of at least 4 members (excludes halogenated alkanes) is 1. The first-order valence-corrected chi connectivity index (χ1v) is 14.5. The van der Waals surface area contributed by atoms with Crippen molar-refractivity contribution in [1.29, 1.82) is 0 Å². The van der Waals surface area contributed by atoms with Crippen molar-refractivity contribution in [3.8, 4) is 17.2 Å². The Kier molecular flexibility index (Phi) is 11.1. The highest BCUT2D eigenvalue weighted by molar-refractivity contribution is 5.77. The Hall–Kier alpha value is -4.00. The summed E-state index contributed by atoms with van der Waals surface area (Å²) < 4.78 is 16.7. The van der Waals surface area contributed by atoms with E-state index in [1.165, 1.54) is 16.7 Å². The summed E-state index contributed by atoms with van der Waals surface area (Å²) in [6.45, 7) is 0.531. The molecule has 1 aliphatic carbocycles. The van der Waals surface area contributed by atoms with E-state index in [0.717, 1.165) is 48.3 Å². The lowest BCUT2D eigenvalue weighted by Crippen LogP contribution is -2.35. The minimum Gasteiger partial charge on any atom is -0.497 e. The van der Waals surface area contributed by atoms with Crippen molar-refractivity contribution in [3.05, 3.63) is 88.5 Å². The topological polar surface area (TPSA) is 85.9 Å². The van der Waals surface area contributed by atoms with Crippen molar-refractivity contribution >= 4 is 11.8 Å². The van der Waals surface area contributed by atoms with E-state index in [2.05, 4.69) is 34.9 Å². The van der Waals surface area contributed by atoms with Gasteiger partial charge in [-0.3, -0.25) is 9.59 Å². The Morgan fingerprint density at radius 1 is 0.780 bits per heavy atom. The Labute approximate surface area is 243 Å². The summed E-state index contributed by atoms with van der Waals surface area (Å²) in [5, 5.41) is 6.19. The van der Waals surface area contributed by atoms with Crippen LogP contribution in [0.25, 0.3) is 0 Å². The predicted octanol–water partition coefficient (Wildman–Crippen LogP) is 5.00. The fraction of sp³-hybridized carbons (Fsp3) is 0.412. The Morgan fingerprint density at radius 3 is 2.20 bits per heavy atom. The maximum Gasteiger partial charge on any atom is 0.220 e. The molecule has 0 saturated carbocycles. The molecular weight excluding hydrogens is 516 g/mol. The van der Waals surface area contributed by atoms with Gasteiger partial charge in [-0.2, -0.15) is 0 Å². The van der Waals surface area contributed by atoms with Crippen molar-refractivity contribution in [2.45, 2.75) is 63.8 Å². The van der Waals surface area contributed by atoms with Gasteiger partial charge in [-0.05, 0) is 85.4 Å². The average molecular weight is 559 g/mol. The summed E-state index contributed by atoms with van der Waals surface area (Å²) in [6, 6.07) is 20.6. The van der Waals surface area contributed by atoms with E-state index in [4.69, 9.17) is 14.2 Å². The summed E-state index contributed by atoms with van der Waals surface area (Å²) in [5.74, 6) is 2.35. The van der Waals surface area contributed by atoms with Gasteiger partial charge in [-0.1, -0.05) is 42.5 Å². The highest BCUT2D eigenvalue weighted by Gasteiger charge is 2.22. The summed E-state index contributed by atoms with van der Waals surface area (Å²) >= 11 is 0. The molecule has 1 aliphatic rings.